The van der Waals surface area contributed by atoms with Crippen LogP contribution in [0.15, 0.2) is 18.2 Å². The Labute approximate surface area is 132 Å². The van der Waals surface area contributed by atoms with Crippen molar-refractivity contribution in [2.24, 2.45) is 5.92 Å². The Morgan fingerprint density at radius 2 is 2.23 bits per heavy atom. The van der Waals surface area contributed by atoms with Crippen molar-refractivity contribution in [2.75, 3.05) is 26.0 Å². The molecule has 2 aliphatic heterocycles. The summed E-state index contributed by atoms with van der Waals surface area (Å²) >= 11 is 0. The SMILES string of the molecule is C[C@H]1CN(S(C)(=O)=O)CC[C@H]1NCc1ccc2c(c1)CCO2. The molecule has 3 rings (SSSR count). The Bertz CT molecular complexity index is 645. The van der Waals surface area contributed by atoms with Crippen LogP contribution in [0.1, 0.15) is 24.5 Å². The fourth-order valence-electron chi connectivity index (χ4n) is 3.31. The van der Waals surface area contributed by atoms with E-state index in [1.807, 2.05) is 0 Å². The lowest BCUT2D eigenvalue weighted by Gasteiger charge is -2.36. The highest BCUT2D eigenvalue weighted by Gasteiger charge is 2.30. The van der Waals surface area contributed by atoms with E-state index in [9.17, 15) is 8.42 Å². The molecule has 0 bridgehead atoms. The average molecular weight is 324 g/mol. The molecule has 0 unspecified atom stereocenters. The summed E-state index contributed by atoms with van der Waals surface area (Å²) in [7, 11) is -3.06. The number of nitrogens with zero attached hydrogens (tertiary/aromatic N) is 1. The van der Waals surface area contributed by atoms with E-state index in [0.717, 1.165) is 31.7 Å². The molecule has 0 radical (unpaired) electrons. The van der Waals surface area contributed by atoms with Crippen LogP contribution in [0.3, 0.4) is 0 Å². The molecule has 2 heterocycles. The molecule has 1 aromatic rings. The predicted molar refractivity (Wildman–Crippen MR) is 86.5 cm³/mol. The van der Waals surface area contributed by atoms with Crippen molar-refractivity contribution in [1.29, 1.82) is 0 Å². The molecule has 1 saturated heterocycles. The second-order valence-electron chi connectivity index (χ2n) is 6.41. The van der Waals surface area contributed by atoms with Crippen LogP contribution >= 0.6 is 0 Å². The predicted octanol–water partition coefficient (Wildman–Crippen LogP) is 1.38. The lowest BCUT2D eigenvalue weighted by molar-refractivity contribution is 0.220. The second kappa shape index (κ2) is 6.18. The van der Waals surface area contributed by atoms with Gasteiger partial charge in [0.1, 0.15) is 5.75 Å². The molecule has 0 spiro atoms. The Morgan fingerprint density at radius 1 is 1.41 bits per heavy atom. The number of ether oxygens (including phenoxy) is 1. The highest BCUT2D eigenvalue weighted by atomic mass is 32.2. The topological polar surface area (TPSA) is 58.6 Å². The fourth-order valence-corrected chi connectivity index (χ4v) is 4.25. The zero-order chi connectivity index (χ0) is 15.7. The highest BCUT2D eigenvalue weighted by molar-refractivity contribution is 7.88. The van der Waals surface area contributed by atoms with E-state index in [1.54, 1.807) is 4.31 Å². The van der Waals surface area contributed by atoms with Gasteiger partial charge in [0.25, 0.3) is 0 Å². The summed E-state index contributed by atoms with van der Waals surface area (Å²) in [6, 6.07) is 6.73. The summed E-state index contributed by atoms with van der Waals surface area (Å²) in [5.41, 5.74) is 2.56. The van der Waals surface area contributed by atoms with Gasteiger partial charge in [-0.25, -0.2) is 12.7 Å². The van der Waals surface area contributed by atoms with Gasteiger partial charge in [-0.3, -0.25) is 0 Å². The zero-order valence-electron chi connectivity index (χ0n) is 13.2. The molecule has 1 N–H and O–H groups in total. The second-order valence-corrected chi connectivity index (χ2v) is 8.40. The Hall–Kier alpha value is -1.11. The average Bonchev–Trinajstić information content (AvgIpc) is 2.92. The fraction of sp³-hybridized carbons (Fsp3) is 0.625. The van der Waals surface area contributed by atoms with E-state index in [4.69, 9.17) is 4.74 Å². The summed E-state index contributed by atoms with van der Waals surface area (Å²) in [5, 5.41) is 3.59. The number of fused-ring (bicyclic) bond motifs is 1. The number of nitrogens with one attached hydrogen (secondary N) is 1. The van der Waals surface area contributed by atoms with Crippen LogP contribution in [0, 0.1) is 5.92 Å². The quantitative estimate of drug-likeness (QED) is 0.909. The minimum absolute atomic E-state index is 0.321. The van der Waals surface area contributed by atoms with E-state index in [0.29, 0.717) is 25.0 Å². The summed E-state index contributed by atoms with van der Waals surface area (Å²) in [4.78, 5) is 0. The van der Waals surface area contributed by atoms with Gasteiger partial charge in [-0.2, -0.15) is 0 Å². The van der Waals surface area contributed by atoms with E-state index in [1.165, 1.54) is 17.4 Å². The van der Waals surface area contributed by atoms with E-state index in [-0.39, 0.29) is 0 Å². The van der Waals surface area contributed by atoms with Crippen molar-refractivity contribution in [3.05, 3.63) is 29.3 Å². The first kappa shape index (κ1) is 15.8. The Balaban J connectivity index is 1.56. The maximum absolute atomic E-state index is 11.6. The largest absolute Gasteiger partial charge is 0.493 e. The zero-order valence-corrected chi connectivity index (χ0v) is 14.0. The molecule has 0 amide bonds. The van der Waals surface area contributed by atoms with Gasteiger partial charge in [0.05, 0.1) is 12.9 Å². The third kappa shape index (κ3) is 3.45. The first-order valence-electron chi connectivity index (χ1n) is 7.86. The highest BCUT2D eigenvalue weighted by Crippen LogP contribution is 2.26. The lowest BCUT2D eigenvalue weighted by atomic mass is 9.95. The molecule has 6 heteroatoms. The minimum Gasteiger partial charge on any atom is -0.493 e. The molecular formula is C16H24N2O3S. The molecule has 1 aromatic carbocycles. The van der Waals surface area contributed by atoms with Gasteiger partial charge in [-0.15, -0.1) is 0 Å². The third-order valence-electron chi connectivity index (χ3n) is 4.66. The van der Waals surface area contributed by atoms with Crippen LogP contribution in [0.5, 0.6) is 5.75 Å². The van der Waals surface area contributed by atoms with Gasteiger partial charge in [0.2, 0.25) is 10.0 Å². The Kier molecular flexibility index (Phi) is 4.43. The number of rotatable bonds is 4. The van der Waals surface area contributed by atoms with E-state index in [2.05, 4.69) is 30.4 Å². The van der Waals surface area contributed by atoms with Gasteiger partial charge in [-0.05, 0) is 29.5 Å². The molecule has 1 fully saturated rings. The van der Waals surface area contributed by atoms with Crippen LogP contribution in [0.2, 0.25) is 0 Å². The number of benzene rings is 1. The van der Waals surface area contributed by atoms with Gasteiger partial charge in [0, 0.05) is 32.1 Å². The van der Waals surface area contributed by atoms with Crippen molar-refractivity contribution in [3.63, 3.8) is 0 Å². The molecule has 0 saturated carbocycles. The van der Waals surface area contributed by atoms with E-state index < -0.39 is 10.0 Å². The normalized spacial score (nSPS) is 25.7. The van der Waals surface area contributed by atoms with E-state index >= 15 is 0 Å². The Morgan fingerprint density at radius 3 is 2.95 bits per heavy atom. The number of sulfonamides is 1. The van der Waals surface area contributed by atoms with Crippen molar-refractivity contribution in [1.82, 2.24) is 9.62 Å². The van der Waals surface area contributed by atoms with Gasteiger partial charge < -0.3 is 10.1 Å². The molecule has 0 aromatic heterocycles. The smallest absolute Gasteiger partial charge is 0.211 e. The molecule has 2 aliphatic rings. The molecule has 5 nitrogen and oxygen atoms in total. The third-order valence-corrected chi connectivity index (χ3v) is 5.93. The van der Waals surface area contributed by atoms with Crippen molar-refractivity contribution in [3.8, 4) is 5.75 Å². The van der Waals surface area contributed by atoms with Crippen molar-refractivity contribution < 1.29 is 13.2 Å². The van der Waals surface area contributed by atoms with Gasteiger partial charge >= 0.3 is 0 Å². The minimum atomic E-state index is -3.06. The number of piperidine rings is 1. The van der Waals surface area contributed by atoms with Gasteiger partial charge in [-0.1, -0.05) is 19.1 Å². The number of hydrogen-bond donors (Lipinski definition) is 1. The molecule has 22 heavy (non-hydrogen) atoms. The van der Waals surface area contributed by atoms with Crippen LogP contribution in [0.25, 0.3) is 0 Å². The maximum atomic E-state index is 11.6. The summed E-state index contributed by atoms with van der Waals surface area (Å²) in [6.07, 6.45) is 3.15. The van der Waals surface area contributed by atoms with Crippen LogP contribution in [-0.4, -0.2) is 44.7 Å². The lowest BCUT2D eigenvalue weighted by Crippen LogP contribution is -2.49. The van der Waals surface area contributed by atoms with Crippen molar-refractivity contribution in [2.45, 2.75) is 32.4 Å². The summed E-state index contributed by atoms with van der Waals surface area (Å²) in [6.45, 7) is 4.94. The van der Waals surface area contributed by atoms with Crippen LogP contribution in [-0.2, 0) is 23.0 Å². The maximum Gasteiger partial charge on any atom is 0.211 e. The molecule has 2 atom stereocenters. The molecule has 0 aliphatic carbocycles. The standard InChI is InChI=1S/C16H24N2O3S/c1-12-11-18(22(2,19)20)7-5-15(12)17-10-13-3-4-16-14(9-13)6-8-21-16/h3-4,9,12,15,17H,5-8,10-11H2,1-2H3/t12-,15+/m0/s1. The first-order valence-corrected chi connectivity index (χ1v) is 9.71. The van der Waals surface area contributed by atoms with Crippen LogP contribution in [0.4, 0.5) is 0 Å². The summed E-state index contributed by atoms with van der Waals surface area (Å²) < 4.78 is 30.4. The molecule has 122 valence electrons. The monoisotopic (exact) mass is 324 g/mol. The number of hydrogen-bond acceptors (Lipinski definition) is 4. The summed E-state index contributed by atoms with van der Waals surface area (Å²) in [5.74, 6) is 1.33. The van der Waals surface area contributed by atoms with Crippen LogP contribution < -0.4 is 10.1 Å². The first-order chi connectivity index (χ1) is 10.4. The molecular weight excluding hydrogens is 300 g/mol. The van der Waals surface area contributed by atoms with Gasteiger partial charge in [0.15, 0.2) is 0 Å². The van der Waals surface area contributed by atoms with Crippen molar-refractivity contribution >= 4 is 10.0 Å².